The van der Waals surface area contributed by atoms with Crippen molar-refractivity contribution in [1.82, 2.24) is 4.90 Å². The second-order valence-electron chi connectivity index (χ2n) is 4.87. The van der Waals surface area contributed by atoms with Gasteiger partial charge in [0.2, 0.25) is 11.8 Å². The van der Waals surface area contributed by atoms with Crippen LogP contribution in [0, 0.1) is 5.41 Å². The topological polar surface area (TPSA) is 83.6 Å². The molecule has 90 valence electrons. The summed E-state index contributed by atoms with van der Waals surface area (Å²) >= 11 is 0. The van der Waals surface area contributed by atoms with E-state index in [0.717, 1.165) is 25.7 Å². The van der Waals surface area contributed by atoms with E-state index in [1.54, 1.807) is 0 Å². The summed E-state index contributed by atoms with van der Waals surface area (Å²) in [6.45, 7) is 0.206. The van der Waals surface area contributed by atoms with Crippen LogP contribution >= 0.6 is 0 Å². The lowest BCUT2D eigenvalue weighted by atomic mass is 9.67. The van der Waals surface area contributed by atoms with Gasteiger partial charge in [-0.15, -0.1) is 0 Å². The first-order valence-electron chi connectivity index (χ1n) is 5.82. The van der Waals surface area contributed by atoms with E-state index in [2.05, 4.69) is 0 Å². The minimum Gasteiger partial charge on any atom is -0.394 e. The number of aliphatic hydroxyl groups is 1. The van der Waals surface area contributed by atoms with Crippen molar-refractivity contribution in [2.75, 3.05) is 13.2 Å². The molecule has 1 spiro atoms. The average Bonchev–Trinajstić information content (AvgIpc) is 2.29. The van der Waals surface area contributed by atoms with Crippen molar-refractivity contribution >= 4 is 11.8 Å². The molecule has 0 aromatic carbocycles. The summed E-state index contributed by atoms with van der Waals surface area (Å²) in [6, 6.07) is -0.833. The zero-order chi connectivity index (χ0) is 11.8. The monoisotopic (exact) mass is 226 g/mol. The molecule has 2 rings (SSSR count). The lowest BCUT2D eigenvalue weighted by molar-refractivity contribution is -0.172. The van der Waals surface area contributed by atoms with Crippen LogP contribution in [0.5, 0.6) is 0 Å². The maximum absolute atomic E-state index is 12.1. The summed E-state index contributed by atoms with van der Waals surface area (Å²) in [7, 11) is 0. The summed E-state index contributed by atoms with van der Waals surface area (Å²) in [5.41, 5.74) is 4.91. The van der Waals surface area contributed by atoms with Crippen molar-refractivity contribution in [2.24, 2.45) is 11.1 Å². The molecule has 1 aliphatic heterocycles. The van der Waals surface area contributed by atoms with Gasteiger partial charge in [-0.25, -0.2) is 0 Å². The number of likely N-dealkylation sites (tertiary alicyclic amines) is 1. The van der Waals surface area contributed by atoms with Crippen LogP contribution in [0.15, 0.2) is 0 Å². The van der Waals surface area contributed by atoms with Crippen molar-refractivity contribution < 1.29 is 14.7 Å². The number of hydrogen-bond donors (Lipinski definition) is 2. The maximum Gasteiger partial charge on any atom is 0.242 e. The standard InChI is InChI=1S/C11H18N2O3/c12-9(15)8(6-14)13-7-11(10(13)16)4-2-1-3-5-11/h8,14H,1-7H2,(H2,12,15)/t8-/m1/s1. The zero-order valence-electron chi connectivity index (χ0n) is 9.32. The first-order valence-corrected chi connectivity index (χ1v) is 5.82. The van der Waals surface area contributed by atoms with Crippen molar-refractivity contribution in [3.63, 3.8) is 0 Å². The van der Waals surface area contributed by atoms with Crippen LogP contribution in [-0.4, -0.2) is 41.0 Å². The Labute approximate surface area is 94.6 Å². The highest BCUT2D eigenvalue weighted by molar-refractivity contribution is 5.94. The fraction of sp³-hybridized carbons (Fsp3) is 0.818. The number of hydrogen-bond acceptors (Lipinski definition) is 3. The van der Waals surface area contributed by atoms with Gasteiger partial charge in [0.1, 0.15) is 6.04 Å². The molecule has 5 heteroatoms. The third-order valence-corrected chi connectivity index (χ3v) is 3.88. The molecule has 0 aromatic heterocycles. The fourth-order valence-electron chi connectivity index (χ4n) is 2.87. The van der Waals surface area contributed by atoms with Crippen LogP contribution in [0.3, 0.4) is 0 Å². The quantitative estimate of drug-likeness (QED) is 0.644. The highest BCUT2D eigenvalue weighted by atomic mass is 16.3. The van der Waals surface area contributed by atoms with Crippen molar-refractivity contribution in [3.8, 4) is 0 Å². The molecule has 16 heavy (non-hydrogen) atoms. The highest BCUT2D eigenvalue weighted by Gasteiger charge is 2.54. The van der Waals surface area contributed by atoms with E-state index in [1.807, 2.05) is 0 Å². The number of nitrogens with two attached hydrogens (primary N) is 1. The number of β-lactam (4-membered cyclic amide) rings is 1. The normalized spacial score (nSPS) is 25.3. The molecule has 1 heterocycles. The van der Waals surface area contributed by atoms with E-state index < -0.39 is 11.9 Å². The van der Waals surface area contributed by atoms with E-state index in [4.69, 9.17) is 10.8 Å². The van der Waals surface area contributed by atoms with E-state index in [0.29, 0.717) is 6.54 Å². The molecule has 3 N–H and O–H groups in total. The van der Waals surface area contributed by atoms with Gasteiger partial charge in [-0.2, -0.15) is 0 Å². The predicted molar refractivity (Wildman–Crippen MR) is 57.3 cm³/mol. The van der Waals surface area contributed by atoms with Crippen molar-refractivity contribution in [2.45, 2.75) is 38.1 Å². The maximum atomic E-state index is 12.1. The smallest absolute Gasteiger partial charge is 0.242 e. The van der Waals surface area contributed by atoms with E-state index in [9.17, 15) is 9.59 Å². The molecule has 1 atom stereocenters. The number of amides is 2. The van der Waals surface area contributed by atoms with Crippen LogP contribution in [0.2, 0.25) is 0 Å². The molecule has 1 aliphatic carbocycles. The Balaban J connectivity index is 2.03. The molecule has 2 aliphatic rings. The largest absolute Gasteiger partial charge is 0.394 e. The molecule has 0 aromatic rings. The summed E-state index contributed by atoms with van der Waals surface area (Å²) in [6.07, 6.45) is 5.19. The number of nitrogens with zero attached hydrogens (tertiary/aromatic N) is 1. The Morgan fingerprint density at radius 1 is 1.44 bits per heavy atom. The number of carbonyl (C=O) groups excluding carboxylic acids is 2. The molecule has 0 bridgehead atoms. The molecule has 1 saturated heterocycles. The second kappa shape index (κ2) is 4.05. The summed E-state index contributed by atoms with van der Waals surface area (Å²) in [5, 5.41) is 9.04. The SMILES string of the molecule is NC(=O)[C@@H](CO)N1CC2(CCCCC2)C1=O. The number of aliphatic hydroxyl groups excluding tert-OH is 1. The molecular formula is C11H18N2O3. The molecular weight excluding hydrogens is 208 g/mol. The fourth-order valence-corrected chi connectivity index (χ4v) is 2.87. The van der Waals surface area contributed by atoms with Gasteiger partial charge in [-0.1, -0.05) is 19.3 Å². The van der Waals surface area contributed by atoms with Gasteiger partial charge in [-0.05, 0) is 12.8 Å². The minimum atomic E-state index is -0.833. The number of primary amides is 1. The minimum absolute atomic E-state index is 0.00468. The summed E-state index contributed by atoms with van der Waals surface area (Å²) < 4.78 is 0. The van der Waals surface area contributed by atoms with E-state index in [1.165, 1.54) is 11.3 Å². The molecule has 0 unspecified atom stereocenters. The molecule has 1 saturated carbocycles. The van der Waals surface area contributed by atoms with Crippen LogP contribution in [-0.2, 0) is 9.59 Å². The molecule has 5 nitrogen and oxygen atoms in total. The Morgan fingerprint density at radius 2 is 2.06 bits per heavy atom. The summed E-state index contributed by atoms with van der Waals surface area (Å²) in [4.78, 5) is 24.5. The Kier molecular flexibility index (Phi) is 2.88. The van der Waals surface area contributed by atoms with Crippen molar-refractivity contribution in [1.29, 1.82) is 0 Å². The molecule has 2 fully saturated rings. The Hall–Kier alpha value is -1.10. The highest BCUT2D eigenvalue weighted by Crippen LogP contribution is 2.45. The first kappa shape index (κ1) is 11.4. The van der Waals surface area contributed by atoms with Gasteiger partial charge in [0.15, 0.2) is 0 Å². The number of carbonyl (C=O) groups is 2. The van der Waals surface area contributed by atoms with Gasteiger partial charge in [0.25, 0.3) is 0 Å². The van der Waals surface area contributed by atoms with Crippen LogP contribution < -0.4 is 5.73 Å². The Bertz CT molecular complexity index is 310. The average molecular weight is 226 g/mol. The third-order valence-electron chi connectivity index (χ3n) is 3.88. The molecule has 2 amide bonds. The van der Waals surface area contributed by atoms with Crippen LogP contribution in [0.1, 0.15) is 32.1 Å². The molecule has 0 radical (unpaired) electrons. The van der Waals surface area contributed by atoms with Gasteiger partial charge in [0, 0.05) is 6.54 Å². The zero-order valence-corrected chi connectivity index (χ0v) is 9.32. The predicted octanol–water partition coefficient (Wildman–Crippen LogP) is -0.375. The Morgan fingerprint density at radius 3 is 2.50 bits per heavy atom. The van der Waals surface area contributed by atoms with Gasteiger partial charge in [0.05, 0.1) is 12.0 Å². The van der Waals surface area contributed by atoms with Gasteiger partial charge < -0.3 is 15.7 Å². The van der Waals surface area contributed by atoms with Gasteiger partial charge in [-0.3, -0.25) is 9.59 Å². The van der Waals surface area contributed by atoms with E-state index >= 15 is 0 Å². The van der Waals surface area contributed by atoms with Crippen LogP contribution in [0.25, 0.3) is 0 Å². The lowest BCUT2D eigenvalue weighted by Crippen LogP contribution is -2.68. The van der Waals surface area contributed by atoms with Gasteiger partial charge >= 0.3 is 0 Å². The van der Waals surface area contributed by atoms with E-state index in [-0.39, 0.29) is 17.9 Å². The van der Waals surface area contributed by atoms with Crippen LogP contribution in [0.4, 0.5) is 0 Å². The lowest BCUT2D eigenvalue weighted by Gasteiger charge is -2.52. The van der Waals surface area contributed by atoms with Crippen molar-refractivity contribution in [3.05, 3.63) is 0 Å². The first-order chi connectivity index (χ1) is 7.60. The third kappa shape index (κ3) is 1.59. The number of rotatable bonds is 3. The second-order valence-corrected chi connectivity index (χ2v) is 4.87. The summed E-state index contributed by atoms with van der Waals surface area (Å²) in [5.74, 6) is -0.619.